The highest BCUT2D eigenvalue weighted by Gasteiger charge is 2.23. The van der Waals surface area contributed by atoms with Gasteiger partial charge in [-0.05, 0) is 30.5 Å². The highest BCUT2D eigenvalue weighted by Crippen LogP contribution is 2.20. The Kier molecular flexibility index (Phi) is 6.53. The lowest BCUT2D eigenvalue weighted by Gasteiger charge is -2.29. The molecule has 1 aromatic carbocycles. The van der Waals surface area contributed by atoms with E-state index in [1.165, 1.54) is 0 Å². The molecule has 2 atom stereocenters. The largest absolute Gasteiger partial charge is 0.480 e. The van der Waals surface area contributed by atoms with E-state index in [2.05, 4.69) is 10.2 Å². The fourth-order valence-corrected chi connectivity index (χ4v) is 2.82. The number of nitrogens with zero attached hydrogens (tertiary/aromatic N) is 1. The average molecular weight is 322 g/mol. The van der Waals surface area contributed by atoms with Gasteiger partial charge in [0, 0.05) is 26.2 Å². The number of ether oxygens (including phenoxy) is 1. The van der Waals surface area contributed by atoms with Crippen molar-refractivity contribution in [2.75, 3.05) is 39.4 Å². The fraction of sp³-hybridized carbons (Fsp3) is 0.588. The van der Waals surface area contributed by atoms with E-state index in [-0.39, 0.29) is 6.54 Å². The highest BCUT2D eigenvalue weighted by atomic mass is 16.5. The van der Waals surface area contributed by atoms with Gasteiger partial charge >= 0.3 is 5.97 Å². The van der Waals surface area contributed by atoms with Crippen LogP contribution in [0, 0.1) is 13.8 Å². The third-order valence-corrected chi connectivity index (χ3v) is 4.33. The number of morpholine rings is 1. The molecule has 0 bridgehead atoms. The van der Waals surface area contributed by atoms with Crippen LogP contribution in [0.2, 0.25) is 0 Å². The van der Waals surface area contributed by atoms with Gasteiger partial charge in [-0.3, -0.25) is 15.0 Å². The van der Waals surface area contributed by atoms with Crippen molar-refractivity contribution in [1.82, 2.24) is 10.2 Å². The minimum Gasteiger partial charge on any atom is -0.480 e. The molecule has 0 amide bonds. The first kappa shape index (κ1) is 17.9. The molecule has 6 nitrogen and oxygen atoms in total. The summed E-state index contributed by atoms with van der Waals surface area (Å²) < 4.78 is 5.28. The molecule has 3 N–H and O–H groups in total. The second-order valence-corrected chi connectivity index (χ2v) is 6.04. The Labute approximate surface area is 137 Å². The molecule has 6 heteroatoms. The van der Waals surface area contributed by atoms with Gasteiger partial charge in [0.25, 0.3) is 0 Å². The number of hydrogen-bond acceptors (Lipinski definition) is 5. The van der Waals surface area contributed by atoms with Crippen LogP contribution < -0.4 is 5.32 Å². The van der Waals surface area contributed by atoms with Gasteiger partial charge in [-0.2, -0.15) is 0 Å². The zero-order valence-corrected chi connectivity index (χ0v) is 13.8. The van der Waals surface area contributed by atoms with Crippen molar-refractivity contribution in [2.24, 2.45) is 0 Å². The van der Waals surface area contributed by atoms with Crippen molar-refractivity contribution in [3.05, 3.63) is 34.9 Å². The van der Waals surface area contributed by atoms with E-state index in [9.17, 15) is 15.0 Å². The van der Waals surface area contributed by atoms with Gasteiger partial charge < -0.3 is 14.9 Å². The number of nitrogens with one attached hydrogen (secondary N) is 1. The van der Waals surface area contributed by atoms with Crippen LogP contribution in [-0.4, -0.2) is 66.6 Å². The van der Waals surface area contributed by atoms with E-state index < -0.39 is 18.1 Å². The molecule has 0 spiro atoms. The first-order chi connectivity index (χ1) is 11.0. The molecule has 23 heavy (non-hydrogen) atoms. The Balaban J connectivity index is 1.94. The summed E-state index contributed by atoms with van der Waals surface area (Å²) in [6.07, 6.45) is -0.611. The zero-order chi connectivity index (χ0) is 16.8. The molecule has 1 heterocycles. The summed E-state index contributed by atoms with van der Waals surface area (Å²) in [6, 6.07) is 4.83. The highest BCUT2D eigenvalue weighted by molar-refractivity contribution is 5.76. The Morgan fingerprint density at radius 2 is 2.04 bits per heavy atom. The Morgan fingerprint density at radius 1 is 1.35 bits per heavy atom. The number of β-amino-alcohol motifs (C(OH)–C–C–N with tert-alkyl or cyclic N) is 1. The van der Waals surface area contributed by atoms with E-state index in [1.807, 2.05) is 32.0 Å². The molecule has 0 saturated carbocycles. The molecular weight excluding hydrogens is 296 g/mol. The maximum Gasteiger partial charge on any atom is 0.325 e. The predicted octanol–water partition coefficient (Wildman–Crippen LogP) is 0.712. The lowest BCUT2D eigenvalue weighted by atomic mass is 9.97. The molecule has 0 radical (unpaired) electrons. The summed E-state index contributed by atoms with van der Waals surface area (Å²) in [7, 11) is 0. The molecule has 1 saturated heterocycles. The maximum absolute atomic E-state index is 11.6. The van der Waals surface area contributed by atoms with Gasteiger partial charge in [0.1, 0.15) is 6.04 Å². The lowest BCUT2D eigenvalue weighted by molar-refractivity contribution is -0.139. The molecule has 1 aromatic rings. The van der Waals surface area contributed by atoms with Crippen LogP contribution in [0.25, 0.3) is 0 Å². The van der Waals surface area contributed by atoms with Crippen molar-refractivity contribution in [3.8, 4) is 0 Å². The Hall–Kier alpha value is -1.47. The van der Waals surface area contributed by atoms with Crippen LogP contribution in [0.15, 0.2) is 18.2 Å². The maximum atomic E-state index is 11.6. The Morgan fingerprint density at radius 3 is 2.70 bits per heavy atom. The third kappa shape index (κ3) is 5.00. The van der Waals surface area contributed by atoms with Gasteiger partial charge in [-0.15, -0.1) is 0 Å². The normalized spacial score (nSPS) is 18.6. The van der Waals surface area contributed by atoms with Gasteiger partial charge in [0.2, 0.25) is 0 Å². The summed E-state index contributed by atoms with van der Waals surface area (Å²) in [5.74, 6) is -0.933. The number of aliphatic hydroxyl groups is 1. The Bertz CT molecular complexity index is 529. The molecule has 2 unspecified atom stereocenters. The average Bonchev–Trinajstić information content (AvgIpc) is 2.52. The van der Waals surface area contributed by atoms with Crippen LogP contribution in [0.4, 0.5) is 0 Å². The number of benzene rings is 1. The summed E-state index contributed by atoms with van der Waals surface area (Å²) in [5.41, 5.74) is 2.77. The summed E-state index contributed by atoms with van der Waals surface area (Å²) in [6.45, 7) is 7.61. The summed E-state index contributed by atoms with van der Waals surface area (Å²) in [5, 5.41) is 22.7. The number of aryl methyl sites for hydroxylation is 1. The van der Waals surface area contributed by atoms with E-state index in [0.29, 0.717) is 19.8 Å². The number of carbonyl (C=O) groups is 1. The van der Waals surface area contributed by atoms with Crippen molar-refractivity contribution in [1.29, 1.82) is 0 Å². The number of hydrogen-bond donors (Lipinski definition) is 3. The topological polar surface area (TPSA) is 82.0 Å². The predicted molar refractivity (Wildman–Crippen MR) is 87.6 cm³/mol. The van der Waals surface area contributed by atoms with E-state index in [0.717, 1.165) is 29.8 Å². The van der Waals surface area contributed by atoms with Crippen LogP contribution in [-0.2, 0) is 9.53 Å². The summed E-state index contributed by atoms with van der Waals surface area (Å²) in [4.78, 5) is 13.7. The summed E-state index contributed by atoms with van der Waals surface area (Å²) >= 11 is 0. The van der Waals surface area contributed by atoms with Gasteiger partial charge in [0.05, 0.1) is 19.3 Å². The number of carboxylic acids is 1. The number of carboxylic acid groups (broad SMARTS) is 1. The second kappa shape index (κ2) is 8.40. The second-order valence-electron chi connectivity index (χ2n) is 6.04. The van der Waals surface area contributed by atoms with Crippen LogP contribution in [0.1, 0.15) is 22.7 Å². The monoisotopic (exact) mass is 322 g/mol. The minimum atomic E-state index is -0.933. The van der Waals surface area contributed by atoms with Crippen molar-refractivity contribution in [3.63, 3.8) is 0 Å². The molecular formula is C17H26N2O4. The fourth-order valence-electron chi connectivity index (χ4n) is 2.82. The van der Waals surface area contributed by atoms with Crippen molar-refractivity contribution < 1.29 is 19.7 Å². The van der Waals surface area contributed by atoms with Crippen LogP contribution >= 0.6 is 0 Å². The SMILES string of the molecule is Cc1cccc(C(NCC(O)CN2CCOCC2)C(=O)O)c1C. The number of aliphatic carboxylic acids is 1. The molecule has 1 aliphatic heterocycles. The third-order valence-electron chi connectivity index (χ3n) is 4.33. The number of rotatable bonds is 7. The minimum absolute atomic E-state index is 0.238. The molecule has 0 aromatic heterocycles. The van der Waals surface area contributed by atoms with E-state index in [4.69, 9.17) is 4.74 Å². The van der Waals surface area contributed by atoms with Crippen molar-refractivity contribution in [2.45, 2.75) is 26.0 Å². The van der Waals surface area contributed by atoms with Crippen molar-refractivity contribution >= 4 is 5.97 Å². The molecule has 2 rings (SSSR count). The number of aliphatic hydroxyl groups excluding tert-OH is 1. The van der Waals surface area contributed by atoms with Gasteiger partial charge in [-0.25, -0.2) is 0 Å². The molecule has 1 fully saturated rings. The van der Waals surface area contributed by atoms with Gasteiger partial charge in [-0.1, -0.05) is 18.2 Å². The molecule has 128 valence electrons. The standard InChI is InChI=1S/C17H26N2O4/c1-12-4-3-5-15(13(12)2)16(17(21)22)18-10-14(20)11-19-6-8-23-9-7-19/h3-5,14,16,18,20H,6-11H2,1-2H3,(H,21,22). The van der Waals surface area contributed by atoms with Gasteiger partial charge in [0.15, 0.2) is 0 Å². The first-order valence-electron chi connectivity index (χ1n) is 7.99. The quantitative estimate of drug-likeness (QED) is 0.686. The van der Waals surface area contributed by atoms with Crippen LogP contribution in [0.3, 0.4) is 0 Å². The molecule has 1 aliphatic rings. The zero-order valence-electron chi connectivity index (χ0n) is 13.8. The molecule has 0 aliphatic carbocycles. The van der Waals surface area contributed by atoms with Crippen LogP contribution in [0.5, 0.6) is 0 Å². The van der Waals surface area contributed by atoms with E-state index >= 15 is 0 Å². The van der Waals surface area contributed by atoms with E-state index in [1.54, 1.807) is 0 Å². The lowest BCUT2D eigenvalue weighted by Crippen LogP contribution is -2.44. The first-order valence-corrected chi connectivity index (χ1v) is 7.99. The smallest absolute Gasteiger partial charge is 0.325 e.